The molecule has 1 aromatic carbocycles. The van der Waals surface area contributed by atoms with Gasteiger partial charge in [-0.25, -0.2) is 0 Å². The van der Waals surface area contributed by atoms with Gasteiger partial charge in [-0.1, -0.05) is 72.9 Å². The minimum absolute atomic E-state index is 0.292. The van der Waals surface area contributed by atoms with Crippen LogP contribution in [0.25, 0.3) is 0 Å². The van der Waals surface area contributed by atoms with Gasteiger partial charge in [-0.05, 0) is 24.0 Å². The highest BCUT2D eigenvalue weighted by molar-refractivity contribution is 6.69. The molecule has 1 atom stereocenters. The molecule has 5 heteroatoms. The molecule has 0 aromatic heterocycles. The first-order valence-corrected chi connectivity index (χ1v) is 7.57. The maximum absolute atomic E-state index is 6.11. The number of benzene rings is 1. The van der Waals surface area contributed by atoms with E-state index in [1.54, 1.807) is 6.92 Å². The van der Waals surface area contributed by atoms with E-state index in [-0.39, 0.29) is 0 Å². The summed E-state index contributed by atoms with van der Waals surface area (Å²) < 4.78 is -1.59. The van der Waals surface area contributed by atoms with Crippen molar-refractivity contribution in [1.29, 1.82) is 0 Å². The van der Waals surface area contributed by atoms with E-state index in [1.807, 2.05) is 24.3 Å². The Kier molecular flexibility index (Phi) is 5.55. The van der Waals surface area contributed by atoms with Crippen LogP contribution in [0.1, 0.15) is 37.8 Å². The van der Waals surface area contributed by atoms with Crippen LogP contribution in [0.15, 0.2) is 24.3 Å². The van der Waals surface area contributed by atoms with E-state index in [4.69, 9.17) is 58.0 Å². The first kappa shape index (κ1) is 16.7. The summed E-state index contributed by atoms with van der Waals surface area (Å²) in [6.45, 7) is 5.93. The molecule has 0 amide bonds. The number of rotatable bonds is 3. The molecule has 18 heavy (non-hydrogen) atoms. The summed E-state index contributed by atoms with van der Waals surface area (Å²) in [5, 5.41) is 0. The van der Waals surface area contributed by atoms with Gasteiger partial charge in [0.15, 0.2) is 0 Å². The zero-order valence-electron chi connectivity index (χ0n) is 10.4. The Morgan fingerprint density at radius 3 is 1.89 bits per heavy atom. The second-order valence-corrected chi connectivity index (χ2v) is 8.12. The van der Waals surface area contributed by atoms with Gasteiger partial charge in [-0.2, -0.15) is 0 Å². The highest BCUT2D eigenvalue weighted by atomic mass is 35.6. The minimum Gasteiger partial charge on any atom is -0.104 e. The lowest BCUT2D eigenvalue weighted by molar-refractivity contribution is 0.510. The summed E-state index contributed by atoms with van der Waals surface area (Å²) >= 11 is 30.5. The van der Waals surface area contributed by atoms with Crippen molar-refractivity contribution in [3.05, 3.63) is 35.4 Å². The minimum atomic E-state index is -1.59. The fourth-order valence-electron chi connectivity index (χ4n) is 1.87. The van der Waals surface area contributed by atoms with Crippen LogP contribution in [-0.2, 0) is 5.41 Å². The van der Waals surface area contributed by atoms with Crippen molar-refractivity contribution in [2.75, 3.05) is 0 Å². The Bertz CT molecular complexity index is 408. The average Bonchev–Trinajstić information content (AvgIpc) is 2.26. The number of hydrogen-bond acceptors (Lipinski definition) is 0. The lowest BCUT2D eigenvalue weighted by Crippen LogP contribution is -2.43. The lowest BCUT2D eigenvalue weighted by atomic mass is 9.80. The van der Waals surface area contributed by atoms with E-state index in [2.05, 4.69) is 13.8 Å². The van der Waals surface area contributed by atoms with Gasteiger partial charge in [0.05, 0.1) is 5.41 Å². The van der Waals surface area contributed by atoms with Gasteiger partial charge in [-0.15, -0.1) is 23.2 Å². The molecule has 0 N–H and O–H groups in total. The van der Waals surface area contributed by atoms with Crippen LogP contribution in [-0.4, -0.2) is 8.63 Å². The zero-order valence-corrected chi connectivity index (χ0v) is 14.1. The van der Waals surface area contributed by atoms with Crippen LogP contribution in [0.5, 0.6) is 0 Å². The van der Waals surface area contributed by atoms with Gasteiger partial charge in [0.2, 0.25) is 3.79 Å². The summed E-state index contributed by atoms with van der Waals surface area (Å²) in [6.07, 6.45) is 0. The van der Waals surface area contributed by atoms with Gasteiger partial charge in [-0.3, -0.25) is 0 Å². The second-order valence-electron chi connectivity index (χ2n) is 4.74. The summed E-state index contributed by atoms with van der Waals surface area (Å²) in [5.74, 6) is 0.292. The normalized spacial score (nSPS) is 16.1. The van der Waals surface area contributed by atoms with Crippen molar-refractivity contribution < 1.29 is 0 Å². The van der Waals surface area contributed by atoms with E-state index in [0.717, 1.165) is 11.1 Å². The molecule has 0 heterocycles. The Morgan fingerprint density at radius 1 is 1.00 bits per heavy atom. The number of hydrogen-bond donors (Lipinski definition) is 0. The van der Waals surface area contributed by atoms with Crippen molar-refractivity contribution in [3.63, 3.8) is 0 Å². The van der Waals surface area contributed by atoms with E-state index in [0.29, 0.717) is 5.92 Å². The fraction of sp³-hybridized carbons (Fsp3) is 0.538. The van der Waals surface area contributed by atoms with Crippen molar-refractivity contribution >= 4 is 58.0 Å². The van der Waals surface area contributed by atoms with Crippen molar-refractivity contribution in [1.82, 2.24) is 0 Å². The summed E-state index contributed by atoms with van der Waals surface area (Å²) in [7, 11) is 0. The molecular weight excluding hydrogens is 333 g/mol. The molecule has 0 aliphatic heterocycles. The molecule has 1 aromatic rings. The molecule has 0 aliphatic carbocycles. The molecule has 0 nitrogen and oxygen atoms in total. The Balaban J connectivity index is 3.50. The molecule has 1 unspecified atom stereocenters. The van der Waals surface area contributed by atoms with Gasteiger partial charge in [0, 0.05) is 0 Å². The third-order valence-corrected chi connectivity index (χ3v) is 5.22. The molecule has 0 radical (unpaired) electrons. The SMILES string of the molecule is CC(C)c1ccccc1C(C)(C(Cl)Cl)C(Cl)(Cl)Cl. The van der Waals surface area contributed by atoms with Gasteiger partial charge >= 0.3 is 0 Å². The monoisotopic (exact) mass is 346 g/mol. The summed E-state index contributed by atoms with van der Waals surface area (Å²) in [4.78, 5) is -0.829. The van der Waals surface area contributed by atoms with E-state index < -0.39 is 14.0 Å². The fourth-order valence-corrected chi connectivity index (χ4v) is 3.40. The smallest absolute Gasteiger partial charge is 0.104 e. The Hall–Kier alpha value is 0.670. The third-order valence-electron chi connectivity index (χ3n) is 3.17. The predicted octanol–water partition coefficient (Wildman–Crippen LogP) is 6.24. The molecule has 0 aliphatic rings. The van der Waals surface area contributed by atoms with E-state index >= 15 is 0 Å². The lowest BCUT2D eigenvalue weighted by Gasteiger charge is -2.39. The van der Waals surface area contributed by atoms with Crippen molar-refractivity contribution in [2.45, 2.75) is 40.7 Å². The molecule has 0 saturated heterocycles. The molecule has 0 spiro atoms. The Morgan fingerprint density at radius 2 is 1.50 bits per heavy atom. The van der Waals surface area contributed by atoms with Gasteiger partial charge < -0.3 is 0 Å². The molecule has 0 saturated carbocycles. The zero-order chi connectivity index (χ0) is 14.1. The Labute approximate surface area is 134 Å². The van der Waals surface area contributed by atoms with Crippen LogP contribution >= 0.6 is 58.0 Å². The van der Waals surface area contributed by atoms with Gasteiger partial charge in [0.1, 0.15) is 4.84 Å². The molecule has 0 bridgehead atoms. The largest absolute Gasteiger partial charge is 0.202 e. The van der Waals surface area contributed by atoms with Crippen LogP contribution in [0, 0.1) is 0 Å². The number of halogens is 5. The second kappa shape index (κ2) is 5.97. The number of alkyl halides is 5. The first-order valence-electron chi connectivity index (χ1n) is 5.56. The summed E-state index contributed by atoms with van der Waals surface area (Å²) in [5.41, 5.74) is 0.981. The highest BCUT2D eigenvalue weighted by Gasteiger charge is 2.51. The maximum Gasteiger partial charge on any atom is 0.202 e. The van der Waals surface area contributed by atoms with Crippen LogP contribution in [0.3, 0.4) is 0 Å². The van der Waals surface area contributed by atoms with Crippen LogP contribution in [0.4, 0.5) is 0 Å². The van der Waals surface area contributed by atoms with Crippen molar-refractivity contribution in [2.24, 2.45) is 0 Å². The van der Waals surface area contributed by atoms with E-state index in [9.17, 15) is 0 Å². The molecule has 1 rings (SSSR count). The molecule has 0 fully saturated rings. The van der Waals surface area contributed by atoms with Crippen LogP contribution < -0.4 is 0 Å². The standard InChI is InChI=1S/C13H15Cl5/c1-8(2)9-6-4-5-7-10(9)12(3,11(14)15)13(16,17)18/h4-8,11H,1-3H3. The highest BCUT2D eigenvalue weighted by Crippen LogP contribution is 2.52. The molecular formula is C13H15Cl5. The van der Waals surface area contributed by atoms with Crippen LogP contribution in [0.2, 0.25) is 0 Å². The summed E-state index contributed by atoms with van der Waals surface area (Å²) in [6, 6.07) is 7.76. The quantitative estimate of drug-likeness (QED) is 0.567. The maximum atomic E-state index is 6.11. The third kappa shape index (κ3) is 3.04. The first-order chi connectivity index (χ1) is 8.12. The van der Waals surface area contributed by atoms with E-state index in [1.165, 1.54) is 0 Å². The van der Waals surface area contributed by atoms with Crippen molar-refractivity contribution in [3.8, 4) is 0 Å². The predicted molar refractivity (Wildman–Crippen MR) is 83.7 cm³/mol. The average molecular weight is 349 g/mol. The topological polar surface area (TPSA) is 0 Å². The van der Waals surface area contributed by atoms with Gasteiger partial charge in [0.25, 0.3) is 0 Å². The molecule has 102 valence electrons.